The molecule has 0 N–H and O–H groups in total. The molecule has 258 valence electrons. The third-order valence-corrected chi connectivity index (χ3v) is 14.6. The van der Waals surface area contributed by atoms with E-state index in [1.807, 2.05) is 0 Å². The molecule has 6 fully saturated rings. The second-order valence-corrected chi connectivity index (χ2v) is 16.5. The molecule has 2 saturated heterocycles. The fraction of sp³-hybridized carbons (Fsp3) is 0.850. The monoisotopic (exact) mass is 636 g/mol. The van der Waals surface area contributed by atoms with Crippen molar-refractivity contribution in [1.82, 2.24) is 9.80 Å². The first-order valence-electron chi connectivity index (χ1n) is 19.4. The summed E-state index contributed by atoms with van der Waals surface area (Å²) in [5.41, 5.74) is 1.81. The van der Waals surface area contributed by atoms with Crippen molar-refractivity contribution in [2.75, 3.05) is 72.8 Å². The van der Waals surface area contributed by atoms with E-state index < -0.39 is 0 Å². The van der Waals surface area contributed by atoms with Crippen LogP contribution in [0.4, 0.5) is 0 Å². The van der Waals surface area contributed by atoms with E-state index in [1.54, 1.807) is 7.11 Å². The molecule has 6 aliphatic rings. The van der Waals surface area contributed by atoms with Crippen LogP contribution >= 0.6 is 0 Å². The highest BCUT2D eigenvalue weighted by Gasteiger charge is 2.66. The van der Waals surface area contributed by atoms with Crippen molar-refractivity contribution in [2.24, 2.45) is 34.5 Å². The molecule has 0 bridgehead atoms. The highest BCUT2D eigenvalue weighted by molar-refractivity contribution is 5.35. The van der Waals surface area contributed by atoms with Gasteiger partial charge in [-0.2, -0.15) is 0 Å². The molecule has 4 saturated carbocycles. The van der Waals surface area contributed by atoms with Gasteiger partial charge in [-0.25, -0.2) is 0 Å². The summed E-state index contributed by atoms with van der Waals surface area (Å²) in [6.45, 7) is 15.6. The van der Waals surface area contributed by atoms with E-state index >= 15 is 0 Å². The van der Waals surface area contributed by atoms with E-state index in [-0.39, 0.29) is 11.0 Å². The second kappa shape index (κ2) is 14.4. The van der Waals surface area contributed by atoms with Crippen LogP contribution < -0.4 is 4.74 Å². The van der Waals surface area contributed by atoms with Crippen LogP contribution in [0.3, 0.4) is 0 Å². The predicted molar refractivity (Wildman–Crippen MR) is 184 cm³/mol. The van der Waals surface area contributed by atoms with Gasteiger partial charge in [-0.3, -0.25) is 0 Å². The smallest absolute Gasteiger partial charge is 0.118 e. The van der Waals surface area contributed by atoms with Crippen molar-refractivity contribution in [3.8, 4) is 5.75 Å². The number of rotatable bonds is 13. The van der Waals surface area contributed by atoms with Crippen LogP contribution in [0.1, 0.15) is 103 Å². The molecule has 0 amide bonds. The van der Waals surface area contributed by atoms with Gasteiger partial charge in [-0.05, 0) is 156 Å². The molecule has 1 aromatic carbocycles. The van der Waals surface area contributed by atoms with Gasteiger partial charge in [0.25, 0.3) is 0 Å². The Morgan fingerprint density at radius 2 is 1.41 bits per heavy atom. The van der Waals surface area contributed by atoms with Crippen molar-refractivity contribution in [3.63, 3.8) is 0 Å². The van der Waals surface area contributed by atoms with Crippen molar-refractivity contribution < 1.29 is 18.9 Å². The molecule has 7 rings (SSSR count). The molecule has 6 heteroatoms. The molecule has 8 atom stereocenters. The van der Waals surface area contributed by atoms with Crippen LogP contribution in [0.2, 0.25) is 0 Å². The zero-order valence-corrected chi connectivity index (χ0v) is 29.5. The van der Waals surface area contributed by atoms with Gasteiger partial charge in [0.05, 0.1) is 45.2 Å². The Bertz CT molecular complexity index is 1120. The van der Waals surface area contributed by atoms with Gasteiger partial charge in [0.2, 0.25) is 0 Å². The van der Waals surface area contributed by atoms with Crippen LogP contribution in [0, 0.1) is 34.5 Å². The molecule has 6 nitrogen and oxygen atoms in total. The summed E-state index contributed by atoms with van der Waals surface area (Å²) < 4.78 is 25.3. The van der Waals surface area contributed by atoms with Crippen LogP contribution in [-0.4, -0.2) is 88.7 Å². The number of methoxy groups -OCH3 is 1. The first-order chi connectivity index (χ1) is 22.4. The maximum absolute atomic E-state index is 7.29. The molecule has 0 aromatic heterocycles. The molecular formula is C40H64N2O4. The molecule has 46 heavy (non-hydrogen) atoms. The molecule has 0 radical (unpaired) electrons. The fourth-order valence-corrected chi connectivity index (χ4v) is 12.0. The quantitative estimate of drug-likeness (QED) is 0.209. The highest BCUT2D eigenvalue weighted by atomic mass is 16.5. The van der Waals surface area contributed by atoms with Crippen molar-refractivity contribution in [1.29, 1.82) is 0 Å². The SMILES string of the molecule is COc1ccc([C@]2(OCCN3CCCC3)CC[C@H]3[C@@H]4CCC5C[C@@H](OCCOCCN6CCCC6)CC[C@]5(C)[C@H]4CC[C@@]32C)cc1. The van der Waals surface area contributed by atoms with Crippen molar-refractivity contribution in [2.45, 2.75) is 109 Å². The highest BCUT2D eigenvalue weighted by Crippen LogP contribution is 2.71. The fourth-order valence-electron chi connectivity index (χ4n) is 12.0. The van der Waals surface area contributed by atoms with Crippen LogP contribution in [0.25, 0.3) is 0 Å². The summed E-state index contributed by atoms with van der Waals surface area (Å²) in [6.07, 6.45) is 17.5. The molecule has 2 heterocycles. The summed E-state index contributed by atoms with van der Waals surface area (Å²) in [7, 11) is 1.77. The molecule has 4 aliphatic carbocycles. The predicted octanol–water partition coefficient (Wildman–Crippen LogP) is 7.54. The Kier molecular flexibility index (Phi) is 10.4. The Hall–Kier alpha value is -1.18. The number of hydrogen-bond acceptors (Lipinski definition) is 6. The normalized spacial score (nSPS) is 39.7. The van der Waals surface area contributed by atoms with Gasteiger partial charge in [0.1, 0.15) is 5.75 Å². The minimum absolute atomic E-state index is 0.173. The van der Waals surface area contributed by atoms with Gasteiger partial charge in [-0.1, -0.05) is 26.0 Å². The lowest BCUT2D eigenvalue weighted by Crippen LogP contribution is -2.56. The average Bonchev–Trinajstić information content (AvgIpc) is 3.85. The van der Waals surface area contributed by atoms with Crippen molar-refractivity contribution >= 4 is 0 Å². The van der Waals surface area contributed by atoms with Gasteiger partial charge >= 0.3 is 0 Å². The minimum Gasteiger partial charge on any atom is -0.497 e. The lowest BCUT2D eigenvalue weighted by atomic mass is 9.44. The number of fused-ring (bicyclic) bond motifs is 5. The van der Waals surface area contributed by atoms with E-state index in [0.29, 0.717) is 11.5 Å². The minimum atomic E-state index is -0.200. The van der Waals surface area contributed by atoms with E-state index in [1.165, 1.54) is 109 Å². The van der Waals surface area contributed by atoms with Gasteiger partial charge < -0.3 is 28.7 Å². The Morgan fingerprint density at radius 3 is 2.13 bits per heavy atom. The lowest BCUT2D eigenvalue weighted by Gasteiger charge is -2.62. The standard InChI is InChI=1S/C40H64N2O4/c1-38-17-14-34(45-29-28-44-26-24-41-20-4-5-21-41)30-32(38)10-13-35-36(38)15-18-39(2)37(35)16-19-40(39,31-8-11-33(43-3)12-9-31)46-27-25-42-22-6-7-23-42/h8-9,11-12,32,34-37H,4-7,10,13-30H2,1-3H3/t32?,34-,35+,36-,37-,38-,39-,40+/m0/s1. The number of likely N-dealkylation sites (tertiary alicyclic amines) is 2. The van der Waals surface area contributed by atoms with Gasteiger partial charge in [0, 0.05) is 18.5 Å². The van der Waals surface area contributed by atoms with E-state index in [2.05, 4.69) is 47.9 Å². The summed E-state index contributed by atoms with van der Waals surface area (Å²) in [4.78, 5) is 5.14. The largest absolute Gasteiger partial charge is 0.497 e. The van der Waals surface area contributed by atoms with E-state index in [0.717, 1.165) is 75.4 Å². The summed E-state index contributed by atoms with van der Waals surface area (Å²) >= 11 is 0. The number of benzene rings is 1. The maximum atomic E-state index is 7.29. The number of ether oxygens (including phenoxy) is 4. The summed E-state index contributed by atoms with van der Waals surface area (Å²) in [6, 6.07) is 8.98. The first kappa shape index (κ1) is 33.3. The van der Waals surface area contributed by atoms with Crippen molar-refractivity contribution in [3.05, 3.63) is 29.8 Å². The second-order valence-electron chi connectivity index (χ2n) is 16.5. The molecule has 1 unspecified atom stereocenters. The summed E-state index contributed by atoms with van der Waals surface area (Å²) in [5.74, 6) is 4.15. The molecular weight excluding hydrogens is 572 g/mol. The Balaban J connectivity index is 0.985. The number of hydrogen-bond donors (Lipinski definition) is 0. The van der Waals surface area contributed by atoms with E-state index in [4.69, 9.17) is 18.9 Å². The average molecular weight is 637 g/mol. The van der Waals surface area contributed by atoms with Gasteiger partial charge in [0.15, 0.2) is 0 Å². The lowest BCUT2D eigenvalue weighted by molar-refractivity contribution is -0.185. The van der Waals surface area contributed by atoms with Crippen LogP contribution in [0.15, 0.2) is 24.3 Å². The number of nitrogens with zero attached hydrogens (tertiary/aromatic N) is 2. The maximum Gasteiger partial charge on any atom is 0.118 e. The van der Waals surface area contributed by atoms with E-state index in [9.17, 15) is 0 Å². The van der Waals surface area contributed by atoms with Gasteiger partial charge in [-0.15, -0.1) is 0 Å². The van der Waals surface area contributed by atoms with Crippen LogP contribution in [0.5, 0.6) is 5.75 Å². The molecule has 2 aliphatic heterocycles. The third-order valence-electron chi connectivity index (χ3n) is 14.6. The Morgan fingerprint density at radius 1 is 0.717 bits per heavy atom. The first-order valence-corrected chi connectivity index (χ1v) is 19.4. The summed E-state index contributed by atoms with van der Waals surface area (Å²) in [5, 5.41) is 0. The molecule has 0 spiro atoms. The third kappa shape index (κ3) is 6.32. The Labute approximate surface area is 280 Å². The topological polar surface area (TPSA) is 43.4 Å². The molecule has 1 aromatic rings. The zero-order chi connectivity index (χ0) is 31.6. The van der Waals surface area contributed by atoms with Crippen LogP contribution in [-0.2, 0) is 19.8 Å². The zero-order valence-electron chi connectivity index (χ0n) is 29.5.